The summed E-state index contributed by atoms with van der Waals surface area (Å²) in [7, 11) is 0. The topological polar surface area (TPSA) is 79.3 Å². The maximum absolute atomic E-state index is 13.3. The van der Waals surface area contributed by atoms with Crippen molar-refractivity contribution in [2.45, 2.75) is 64.7 Å². The molecule has 0 bridgehead atoms. The first-order chi connectivity index (χ1) is 18.8. The smallest absolute Gasteiger partial charge is 0.415 e. The first-order valence-corrected chi connectivity index (χ1v) is 14.0. The van der Waals surface area contributed by atoms with E-state index in [0.717, 1.165) is 59.0 Å². The van der Waals surface area contributed by atoms with Crippen LogP contribution in [0.2, 0.25) is 0 Å². The number of hydrogen-bond acceptors (Lipinski definition) is 5. The number of azo groups is 1. The number of allylic oxidation sites excluding steroid dienone is 1. The molecule has 1 saturated carbocycles. The SMILES string of the molecule is CC(C)(C)OC(=O)N1CC=C(Cl)C([C@H]2CC[C@H](Oc3ccc4ccccc4c3)CC2)=c2[nH]c3c(c21)CN=NC=3. The summed E-state index contributed by atoms with van der Waals surface area (Å²) in [4.78, 5) is 18.5. The van der Waals surface area contributed by atoms with Crippen LogP contribution < -0.4 is 20.3 Å². The van der Waals surface area contributed by atoms with E-state index in [9.17, 15) is 4.79 Å². The Morgan fingerprint density at radius 2 is 1.85 bits per heavy atom. The van der Waals surface area contributed by atoms with Gasteiger partial charge < -0.3 is 14.5 Å². The van der Waals surface area contributed by atoms with Gasteiger partial charge in [0.1, 0.15) is 11.4 Å². The first kappa shape index (κ1) is 25.7. The summed E-state index contributed by atoms with van der Waals surface area (Å²) in [5.74, 6) is 1.14. The maximum Gasteiger partial charge on any atom is 0.415 e. The molecular weight excluding hydrogens is 512 g/mol. The molecule has 2 aromatic carbocycles. The number of aromatic amines is 1. The molecule has 8 heteroatoms. The zero-order valence-corrected chi connectivity index (χ0v) is 23.3. The Morgan fingerprint density at radius 1 is 1.08 bits per heavy atom. The lowest BCUT2D eigenvalue weighted by molar-refractivity contribution is 0.0584. The number of H-pyrrole nitrogens is 1. The van der Waals surface area contributed by atoms with Crippen molar-refractivity contribution >= 4 is 45.9 Å². The number of carbonyl (C=O) groups excluding carboxylic acids is 1. The van der Waals surface area contributed by atoms with Crippen LogP contribution in [0.25, 0.3) is 22.5 Å². The fourth-order valence-electron chi connectivity index (χ4n) is 5.80. The van der Waals surface area contributed by atoms with E-state index < -0.39 is 11.7 Å². The number of carbonyl (C=O) groups is 1. The molecule has 202 valence electrons. The second kappa shape index (κ2) is 10.2. The van der Waals surface area contributed by atoms with E-state index in [1.807, 2.05) is 26.8 Å². The molecule has 7 nitrogen and oxygen atoms in total. The van der Waals surface area contributed by atoms with Crippen LogP contribution in [0.3, 0.4) is 0 Å². The number of ether oxygens (including phenoxy) is 2. The number of anilines is 1. The third-order valence-corrected chi connectivity index (χ3v) is 7.93. The number of fused-ring (bicyclic) bond motifs is 4. The molecule has 39 heavy (non-hydrogen) atoms. The summed E-state index contributed by atoms with van der Waals surface area (Å²) >= 11 is 6.97. The normalized spacial score (nSPS) is 21.0. The molecule has 1 amide bonds. The predicted molar refractivity (Wildman–Crippen MR) is 154 cm³/mol. The molecule has 1 aromatic heterocycles. The van der Waals surface area contributed by atoms with Crippen molar-refractivity contribution in [3.8, 4) is 5.75 Å². The molecule has 0 radical (unpaired) electrons. The Hall–Kier alpha value is -3.58. The number of nitrogens with one attached hydrogen (secondary N) is 1. The van der Waals surface area contributed by atoms with Gasteiger partial charge in [-0.1, -0.05) is 41.9 Å². The Kier molecular flexibility index (Phi) is 6.71. The van der Waals surface area contributed by atoms with Crippen LogP contribution in [-0.2, 0) is 11.3 Å². The van der Waals surface area contributed by atoms with Crippen molar-refractivity contribution in [1.82, 2.24) is 4.98 Å². The van der Waals surface area contributed by atoms with Gasteiger partial charge in [0.15, 0.2) is 0 Å². The van der Waals surface area contributed by atoms with Crippen molar-refractivity contribution < 1.29 is 14.3 Å². The molecule has 1 N–H and O–H groups in total. The second-order valence-corrected chi connectivity index (χ2v) is 11.8. The Balaban J connectivity index is 1.30. The van der Waals surface area contributed by atoms with Gasteiger partial charge in [-0.05, 0) is 86.9 Å². The third kappa shape index (κ3) is 5.20. The number of halogens is 1. The van der Waals surface area contributed by atoms with Gasteiger partial charge in [-0.2, -0.15) is 10.2 Å². The lowest BCUT2D eigenvalue weighted by Crippen LogP contribution is -2.39. The molecule has 0 atom stereocenters. The van der Waals surface area contributed by atoms with Gasteiger partial charge >= 0.3 is 6.09 Å². The third-order valence-electron chi connectivity index (χ3n) is 7.57. The fourth-order valence-corrected chi connectivity index (χ4v) is 6.12. The highest BCUT2D eigenvalue weighted by molar-refractivity contribution is 6.36. The van der Waals surface area contributed by atoms with Crippen LogP contribution >= 0.6 is 11.6 Å². The molecule has 0 saturated heterocycles. The Morgan fingerprint density at radius 3 is 2.62 bits per heavy atom. The van der Waals surface area contributed by atoms with E-state index in [1.165, 1.54) is 10.8 Å². The average Bonchev–Trinajstić information content (AvgIpc) is 3.20. The zero-order valence-electron chi connectivity index (χ0n) is 22.5. The second-order valence-electron chi connectivity index (χ2n) is 11.4. The summed E-state index contributed by atoms with van der Waals surface area (Å²) in [6, 6.07) is 14.6. The lowest BCUT2D eigenvalue weighted by atomic mass is 9.81. The van der Waals surface area contributed by atoms with Gasteiger partial charge in [-0.3, -0.25) is 4.90 Å². The van der Waals surface area contributed by atoms with E-state index in [2.05, 4.69) is 57.7 Å². The van der Waals surface area contributed by atoms with Gasteiger partial charge in [0, 0.05) is 17.1 Å². The van der Waals surface area contributed by atoms with Gasteiger partial charge in [0.05, 0.1) is 35.2 Å². The van der Waals surface area contributed by atoms with Gasteiger partial charge in [-0.15, -0.1) is 0 Å². The monoisotopic (exact) mass is 544 g/mol. The highest BCUT2D eigenvalue weighted by Crippen LogP contribution is 2.39. The van der Waals surface area contributed by atoms with Crippen LogP contribution in [0, 0.1) is 5.92 Å². The largest absolute Gasteiger partial charge is 0.490 e. The highest BCUT2D eigenvalue weighted by atomic mass is 35.5. The van der Waals surface area contributed by atoms with Crippen molar-refractivity contribution in [1.29, 1.82) is 0 Å². The molecule has 6 rings (SSSR count). The Labute approximate surface area is 232 Å². The molecule has 0 spiro atoms. The summed E-state index contributed by atoms with van der Waals surface area (Å²) < 4.78 is 12.2. The molecule has 3 aliphatic rings. The standard InChI is InChI=1S/C31H33ClN4O3/c1-31(2,3)39-30(37)36-15-14-25(32)27(28-29(36)24-17-33-34-18-26(24)35-28)20-9-11-22(12-10-20)38-23-13-8-19-6-4-5-7-21(19)16-23/h4-8,13-14,16,18,20,22,35H,9-12,15,17H2,1-3H3/t20-,22-. The predicted octanol–water partition coefficient (Wildman–Crippen LogP) is 6.54. The van der Waals surface area contributed by atoms with Gasteiger partial charge in [-0.25, -0.2) is 4.79 Å². The number of benzene rings is 2. The van der Waals surface area contributed by atoms with E-state index in [-0.39, 0.29) is 12.0 Å². The molecule has 1 aliphatic carbocycles. The molecular formula is C31H33ClN4O3. The average molecular weight is 545 g/mol. The van der Waals surface area contributed by atoms with Crippen molar-refractivity contribution in [2.24, 2.45) is 16.1 Å². The van der Waals surface area contributed by atoms with Crippen LogP contribution in [0.4, 0.5) is 10.5 Å². The number of rotatable bonds is 3. The first-order valence-electron chi connectivity index (χ1n) is 13.6. The number of aromatic nitrogens is 1. The summed E-state index contributed by atoms with van der Waals surface area (Å²) in [6.07, 6.45) is 7.11. The van der Waals surface area contributed by atoms with Crippen LogP contribution in [-0.4, -0.2) is 29.3 Å². The maximum atomic E-state index is 13.3. The number of amides is 1. The molecule has 3 aromatic rings. The molecule has 0 unspecified atom stereocenters. The van der Waals surface area contributed by atoms with Gasteiger partial charge in [0.2, 0.25) is 0 Å². The minimum Gasteiger partial charge on any atom is -0.490 e. The fraction of sp³-hybridized carbons (Fsp3) is 0.387. The van der Waals surface area contributed by atoms with E-state index in [4.69, 9.17) is 21.1 Å². The van der Waals surface area contributed by atoms with Gasteiger partial charge in [0.25, 0.3) is 0 Å². The molecule has 1 fully saturated rings. The molecule has 3 heterocycles. The van der Waals surface area contributed by atoms with Crippen molar-refractivity contribution in [3.63, 3.8) is 0 Å². The highest BCUT2D eigenvalue weighted by Gasteiger charge is 2.33. The van der Waals surface area contributed by atoms with Crippen LogP contribution in [0.15, 0.2) is 63.8 Å². The number of hydrogen-bond donors (Lipinski definition) is 1. The molecule has 2 aliphatic heterocycles. The van der Waals surface area contributed by atoms with Crippen LogP contribution in [0.5, 0.6) is 5.75 Å². The van der Waals surface area contributed by atoms with Crippen molar-refractivity contribution in [2.75, 3.05) is 11.4 Å². The summed E-state index contributed by atoms with van der Waals surface area (Å²) in [5, 5.41) is 13.1. The van der Waals surface area contributed by atoms with Crippen molar-refractivity contribution in [3.05, 3.63) is 69.8 Å². The zero-order chi connectivity index (χ0) is 27.1. The summed E-state index contributed by atoms with van der Waals surface area (Å²) in [6.45, 7) is 6.34. The lowest BCUT2D eigenvalue weighted by Gasteiger charge is -2.30. The quantitative estimate of drug-likeness (QED) is 0.406. The van der Waals surface area contributed by atoms with Crippen LogP contribution in [0.1, 0.15) is 52.0 Å². The number of nitrogens with zero attached hydrogens (tertiary/aromatic N) is 3. The van der Waals surface area contributed by atoms with E-state index >= 15 is 0 Å². The minimum absolute atomic E-state index is 0.150. The van der Waals surface area contributed by atoms with E-state index in [1.54, 1.807) is 11.1 Å². The minimum atomic E-state index is -0.616. The summed E-state index contributed by atoms with van der Waals surface area (Å²) in [5.41, 5.74) is 2.17. The Bertz CT molecular complexity index is 1610. The van der Waals surface area contributed by atoms with E-state index in [0.29, 0.717) is 18.1 Å².